The smallest absolute Gasteiger partial charge is 0.234 e. The monoisotopic (exact) mass is 367 g/mol. The molecular weight excluding hydrogens is 330 g/mol. The van der Waals surface area contributed by atoms with Crippen molar-refractivity contribution in [2.45, 2.75) is 46.1 Å². The standard InChI is InChI=1S/C19H37N5O2/c1-5-26-13-8-19(6-7-19)15-21-18(20-4)24-11-9-23(10-12-24)14-17(25)22-16(2)3/h16H,5-15H2,1-4H3,(H,20,21)(H,22,25). The predicted octanol–water partition coefficient (Wildman–Crippen LogP) is 0.911. The lowest BCUT2D eigenvalue weighted by Crippen LogP contribution is -2.54. The van der Waals surface area contributed by atoms with Crippen LogP contribution in [0.4, 0.5) is 0 Å². The Kier molecular flexibility index (Phi) is 8.15. The number of nitrogens with zero attached hydrogens (tertiary/aromatic N) is 3. The Balaban J connectivity index is 1.70. The fourth-order valence-corrected chi connectivity index (χ4v) is 3.41. The first-order valence-electron chi connectivity index (χ1n) is 10.0. The van der Waals surface area contributed by atoms with E-state index in [1.807, 2.05) is 27.8 Å². The van der Waals surface area contributed by atoms with Crippen molar-refractivity contribution in [2.24, 2.45) is 10.4 Å². The highest BCUT2D eigenvalue weighted by atomic mass is 16.5. The third kappa shape index (κ3) is 6.76. The quantitative estimate of drug-likeness (QED) is 0.360. The van der Waals surface area contributed by atoms with Crippen molar-refractivity contribution < 1.29 is 9.53 Å². The number of carbonyl (C=O) groups is 1. The zero-order chi connectivity index (χ0) is 19.0. The Labute approximate surface area is 158 Å². The summed E-state index contributed by atoms with van der Waals surface area (Å²) in [4.78, 5) is 20.9. The second kappa shape index (κ2) is 10.1. The molecule has 1 amide bonds. The Bertz CT molecular complexity index is 469. The Hall–Kier alpha value is -1.34. The van der Waals surface area contributed by atoms with E-state index >= 15 is 0 Å². The molecule has 0 radical (unpaired) electrons. The van der Waals surface area contributed by atoms with Crippen LogP contribution < -0.4 is 10.6 Å². The number of amides is 1. The molecule has 2 N–H and O–H groups in total. The number of hydrogen-bond donors (Lipinski definition) is 2. The molecule has 2 aliphatic rings. The lowest BCUT2D eigenvalue weighted by atomic mass is 10.0. The number of carbonyl (C=O) groups excluding carboxylic acids is 1. The minimum atomic E-state index is 0.112. The van der Waals surface area contributed by atoms with E-state index in [1.165, 1.54) is 12.8 Å². The van der Waals surface area contributed by atoms with E-state index in [0.29, 0.717) is 12.0 Å². The maximum atomic E-state index is 11.9. The summed E-state index contributed by atoms with van der Waals surface area (Å²) in [6, 6.07) is 0.198. The molecule has 26 heavy (non-hydrogen) atoms. The first-order chi connectivity index (χ1) is 12.5. The third-order valence-electron chi connectivity index (χ3n) is 5.26. The Morgan fingerprint density at radius 1 is 1.23 bits per heavy atom. The van der Waals surface area contributed by atoms with Crippen molar-refractivity contribution in [3.05, 3.63) is 0 Å². The van der Waals surface area contributed by atoms with Crippen LogP contribution in [0.1, 0.15) is 40.0 Å². The molecule has 1 saturated heterocycles. The maximum absolute atomic E-state index is 11.9. The molecule has 1 aliphatic carbocycles. The van der Waals surface area contributed by atoms with Gasteiger partial charge in [0.1, 0.15) is 0 Å². The molecule has 0 spiro atoms. The van der Waals surface area contributed by atoms with Gasteiger partial charge in [-0.2, -0.15) is 0 Å². The molecule has 0 aromatic carbocycles. The zero-order valence-electron chi connectivity index (χ0n) is 17.0. The molecule has 7 heteroatoms. The molecular formula is C19H37N5O2. The summed E-state index contributed by atoms with van der Waals surface area (Å²) in [6.45, 7) is 12.7. The fraction of sp³-hybridized carbons (Fsp3) is 0.895. The van der Waals surface area contributed by atoms with Crippen molar-refractivity contribution in [1.29, 1.82) is 0 Å². The number of aliphatic imine (C=N–C) groups is 1. The van der Waals surface area contributed by atoms with Crippen LogP contribution in [0.15, 0.2) is 4.99 Å². The molecule has 0 aromatic heterocycles. The number of nitrogens with one attached hydrogen (secondary N) is 2. The van der Waals surface area contributed by atoms with Gasteiger partial charge in [0.15, 0.2) is 5.96 Å². The minimum absolute atomic E-state index is 0.112. The highest BCUT2D eigenvalue weighted by Gasteiger charge is 2.42. The van der Waals surface area contributed by atoms with E-state index in [1.54, 1.807) is 0 Å². The van der Waals surface area contributed by atoms with Crippen LogP contribution in [0.25, 0.3) is 0 Å². The van der Waals surface area contributed by atoms with Crippen LogP contribution in [-0.2, 0) is 9.53 Å². The molecule has 2 fully saturated rings. The van der Waals surface area contributed by atoms with Crippen LogP contribution in [0.5, 0.6) is 0 Å². The van der Waals surface area contributed by atoms with Gasteiger partial charge in [0.25, 0.3) is 0 Å². The van der Waals surface area contributed by atoms with Gasteiger partial charge in [0.05, 0.1) is 6.54 Å². The second-order valence-electron chi connectivity index (χ2n) is 7.83. The summed E-state index contributed by atoms with van der Waals surface area (Å²) in [7, 11) is 1.85. The van der Waals surface area contributed by atoms with Crippen LogP contribution >= 0.6 is 0 Å². The van der Waals surface area contributed by atoms with Crippen LogP contribution in [0.2, 0.25) is 0 Å². The van der Waals surface area contributed by atoms with Crippen molar-refractivity contribution in [3.8, 4) is 0 Å². The molecule has 0 aromatic rings. The van der Waals surface area contributed by atoms with E-state index in [-0.39, 0.29) is 11.9 Å². The van der Waals surface area contributed by atoms with Gasteiger partial charge in [-0.1, -0.05) is 0 Å². The van der Waals surface area contributed by atoms with Gasteiger partial charge in [0, 0.05) is 59.0 Å². The largest absolute Gasteiger partial charge is 0.382 e. The highest BCUT2D eigenvalue weighted by Crippen LogP contribution is 2.48. The molecule has 2 rings (SSSR count). The summed E-state index contributed by atoms with van der Waals surface area (Å²) in [6.07, 6.45) is 3.69. The molecule has 7 nitrogen and oxygen atoms in total. The normalized spacial score (nSPS) is 20.3. The van der Waals surface area contributed by atoms with E-state index < -0.39 is 0 Å². The third-order valence-corrected chi connectivity index (χ3v) is 5.26. The van der Waals surface area contributed by atoms with Crippen LogP contribution in [-0.4, -0.2) is 87.2 Å². The van der Waals surface area contributed by atoms with E-state index in [4.69, 9.17) is 4.74 Å². The van der Waals surface area contributed by atoms with E-state index in [9.17, 15) is 4.79 Å². The molecule has 0 unspecified atom stereocenters. The van der Waals surface area contributed by atoms with Crippen LogP contribution in [0, 0.1) is 5.41 Å². The van der Waals surface area contributed by atoms with E-state index in [2.05, 4.69) is 25.4 Å². The molecule has 0 bridgehead atoms. The van der Waals surface area contributed by atoms with Crippen molar-refractivity contribution in [3.63, 3.8) is 0 Å². The number of piperazine rings is 1. The van der Waals surface area contributed by atoms with Gasteiger partial charge < -0.3 is 20.3 Å². The van der Waals surface area contributed by atoms with Gasteiger partial charge in [0.2, 0.25) is 5.91 Å². The minimum Gasteiger partial charge on any atom is -0.382 e. The molecule has 1 saturated carbocycles. The first-order valence-corrected chi connectivity index (χ1v) is 10.0. The topological polar surface area (TPSA) is 69.2 Å². The predicted molar refractivity (Wildman–Crippen MR) is 105 cm³/mol. The number of hydrogen-bond acceptors (Lipinski definition) is 4. The maximum Gasteiger partial charge on any atom is 0.234 e. The molecule has 150 valence electrons. The molecule has 1 heterocycles. The van der Waals surface area contributed by atoms with Gasteiger partial charge >= 0.3 is 0 Å². The summed E-state index contributed by atoms with van der Waals surface area (Å²) in [5, 5.41) is 6.53. The van der Waals surface area contributed by atoms with Crippen molar-refractivity contribution in [2.75, 3.05) is 59.5 Å². The lowest BCUT2D eigenvalue weighted by molar-refractivity contribution is -0.123. The van der Waals surface area contributed by atoms with Crippen molar-refractivity contribution in [1.82, 2.24) is 20.4 Å². The summed E-state index contributed by atoms with van der Waals surface area (Å²) < 4.78 is 5.52. The lowest BCUT2D eigenvalue weighted by Gasteiger charge is -2.36. The Morgan fingerprint density at radius 2 is 1.92 bits per heavy atom. The zero-order valence-corrected chi connectivity index (χ0v) is 17.0. The number of guanidine groups is 1. The average molecular weight is 368 g/mol. The SMILES string of the molecule is CCOCCC1(CNC(=NC)N2CCN(CC(=O)NC(C)C)CC2)CC1. The van der Waals surface area contributed by atoms with Gasteiger partial charge in [-0.3, -0.25) is 14.7 Å². The molecule has 1 aliphatic heterocycles. The Morgan fingerprint density at radius 3 is 2.46 bits per heavy atom. The number of rotatable bonds is 9. The molecule has 0 atom stereocenters. The fourth-order valence-electron chi connectivity index (χ4n) is 3.41. The summed E-state index contributed by atoms with van der Waals surface area (Å²) in [5.74, 6) is 1.10. The van der Waals surface area contributed by atoms with Gasteiger partial charge in [-0.15, -0.1) is 0 Å². The average Bonchev–Trinajstić information content (AvgIpc) is 3.36. The van der Waals surface area contributed by atoms with E-state index in [0.717, 1.165) is 58.3 Å². The van der Waals surface area contributed by atoms with Gasteiger partial charge in [-0.05, 0) is 45.4 Å². The first kappa shape index (κ1) is 21.0. The second-order valence-corrected chi connectivity index (χ2v) is 7.83. The van der Waals surface area contributed by atoms with Crippen LogP contribution in [0.3, 0.4) is 0 Å². The highest BCUT2D eigenvalue weighted by molar-refractivity contribution is 5.80. The summed E-state index contributed by atoms with van der Waals surface area (Å²) in [5.41, 5.74) is 0.405. The summed E-state index contributed by atoms with van der Waals surface area (Å²) >= 11 is 0. The number of ether oxygens (including phenoxy) is 1. The van der Waals surface area contributed by atoms with Gasteiger partial charge in [-0.25, -0.2) is 0 Å². The van der Waals surface area contributed by atoms with Crippen molar-refractivity contribution >= 4 is 11.9 Å².